The number of hydrogen-bond acceptors (Lipinski definition) is 2. The number of diazo groups is 1. The minimum Gasteiger partial charge on any atom is -0.613 e. The molecule has 0 aromatic carbocycles. The number of rotatable bonds is 0. The Hall–Kier alpha value is -1.63. The van der Waals surface area contributed by atoms with Gasteiger partial charge in [0, 0.05) is 13.0 Å². The smallest absolute Gasteiger partial charge is 0.613 e. The van der Waals surface area contributed by atoms with E-state index in [1.54, 1.807) is 19.1 Å². The minimum absolute atomic E-state index is 0.0139. The molecule has 0 N–H and O–H groups in total. The summed E-state index contributed by atoms with van der Waals surface area (Å²) in [5.41, 5.74) is 0.510. The van der Waals surface area contributed by atoms with E-state index in [0.29, 0.717) is 10.4 Å². The number of aryl methyl sites for hydroxylation is 1. The third kappa shape index (κ3) is 0.890. The van der Waals surface area contributed by atoms with Gasteiger partial charge in [0.25, 0.3) is 0 Å². The maximum atomic E-state index is 10.9. The predicted octanol–water partition coefficient (Wildman–Crippen LogP) is 1.11. The Morgan fingerprint density at radius 2 is 2.30 bits per heavy atom. The van der Waals surface area contributed by atoms with E-state index in [-0.39, 0.29) is 5.82 Å². The summed E-state index contributed by atoms with van der Waals surface area (Å²) >= 11 is 0. The Balaban J connectivity index is 3.31. The lowest BCUT2D eigenvalue weighted by atomic mass is 10.4. The molecule has 0 spiro atoms. The maximum absolute atomic E-state index is 10.9. The summed E-state index contributed by atoms with van der Waals surface area (Å²) in [7, 11) is 0. The zero-order valence-electron chi connectivity index (χ0n) is 5.48. The summed E-state index contributed by atoms with van der Waals surface area (Å²) in [5.74, 6) is 0.0139. The minimum atomic E-state index is 0.0139. The van der Waals surface area contributed by atoms with Crippen LogP contribution in [-0.4, -0.2) is 0 Å². The molecule has 0 radical (unpaired) electrons. The lowest BCUT2D eigenvalue weighted by Crippen LogP contribution is -2.29. The summed E-state index contributed by atoms with van der Waals surface area (Å²) in [6.45, 7) is 1.64. The Kier molecular flexibility index (Phi) is 1.50. The van der Waals surface area contributed by atoms with Crippen LogP contribution in [0.2, 0.25) is 0 Å². The molecule has 0 amide bonds. The second kappa shape index (κ2) is 2.31. The first kappa shape index (κ1) is 6.49. The van der Waals surface area contributed by atoms with Crippen molar-refractivity contribution in [2.24, 2.45) is 0 Å². The fourth-order valence-electron chi connectivity index (χ4n) is 0.663. The van der Waals surface area contributed by atoms with E-state index >= 15 is 0 Å². The summed E-state index contributed by atoms with van der Waals surface area (Å²) in [6.07, 6.45) is 0. The highest BCUT2D eigenvalue weighted by Crippen LogP contribution is 2.03. The van der Waals surface area contributed by atoms with Crippen LogP contribution in [0.1, 0.15) is 5.69 Å². The number of hydrogen-bond donors (Lipinski definition) is 0. The second-order valence-corrected chi connectivity index (χ2v) is 1.92. The van der Waals surface area contributed by atoms with Crippen LogP contribution >= 0.6 is 0 Å². The molecule has 0 bridgehead atoms. The van der Waals surface area contributed by atoms with E-state index in [0.717, 1.165) is 0 Å². The van der Waals surface area contributed by atoms with Gasteiger partial charge in [-0.25, -0.2) is 0 Å². The normalized spacial score (nSPS) is 8.80. The van der Waals surface area contributed by atoms with Crippen LogP contribution in [-0.2, 0) is 0 Å². The first-order chi connectivity index (χ1) is 4.75. The van der Waals surface area contributed by atoms with Crippen molar-refractivity contribution in [2.75, 3.05) is 0 Å². The van der Waals surface area contributed by atoms with Gasteiger partial charge < -0.3 is 5.21 Å². The molecule has 1 rings (SSSR count). The molecule has 10 heavy (non-hydrogen) atoms. The van der Waals surface area contributed by atoms with Gasteiger partial charge in [0.2, 0.25) is 10.4 Å². The molecular weight excluding hydrogens is 130 g/mol. The van der Waals surface area contributed by atoms with E-state index in [2.05, 4.69) is 4.98 Å². The van der Waals surface area contributed by atoms with Crippen LogP contribution in [0.4, 0.5) is 5.82 Å². The summed E-state index contributed by atoms with van der Waals surface area (Å²) < 4.78 is 0.556. The monoisotopic (exact) mass is 136 g/mol. The van der Waals surface area contributed by atoms with Crippen LogP contribution in [0, 0.1) is 17.5 Å². The molecule has 1 aromatic heterocycles. The van der Waals surface area contributed by atoms with Crippen molar-refractivity contribution in [2.45, 2.75) is 6.92 Å². The highest BCUT2D eigenvalue weighted by molar-refractivity contribution is 5.28. The van der Waals surface area contributed by atoms with E-state index in [1.165, 1.54) is 6.07 Å². The third-order valence-corrected chi connectivity index (χ3v) is 1.21. The lowest BCUT2D eigenvalue weighted by Gasteiger charge is -1.92. The van der Waals surface area contributed by atoms with Crippen LogP contribution < -0.4 is 4.73 Å². The van der Waals surface area contributed by atoms with Crippen molar-refractivity contribution >= 4 is 5.82 Å². The Morgan fingerprint density at radius 3 is 2.80 bits per heavy atom. The van der Waals surface area contributed by atoms with Crippen molar-refractivity contribution in [3.05, 3.63) is 34.1 Å². The van der Waals surface area contributed by atoms with Crippen LogP contribution in [0.3, 0.4) is 0 Å². The van der Waals surface area contributed by atoms with Crippen molar-refractivity contribution in [1.82, 2.24) is 0 Å². The number of nitrogens with zero attached hydrogens (tertiary/aromatic N) is 3. The van der Waals surface area contributed by atoms with Gasteiger partial charge in [-0.05, 0) is 6.07 Å². The molecule has 4 nitrogen and oxygen atoms in total. The van der Waals surface area contributed by atoms with E-state index < -0.39 is 0 Å². The Morgan fingerprint density at radius 1 is 1.60 bits per heavy atom. The molecule has 0 atom stereocenters. The first-order valence-electron chi connectivity index (χ1n) is 2.80. The molecule has 0 aliphatic rings. The first-order valence-corrected chi connectivity index (χ1v) is 2.80. The van der Waals surface area contributed by atoms with Gasteiger partial charge in [-0.15, -0.1) is 0 Å². The zero-order chi connectivity index (χ0) is 7.56. The third-order valence-electron chi connectivity index (χ3n) is 1.21. The number of pyridine rings is 1. The summed E-state index contributed by atoms with van der Waals surface area (Å²) in [4.78, 5) is 2.78. The van der Waals surface area contributed by atoms with Crippen LogP contribution in [0.25, 0.3) is 4.98 Å². The van der Waals surface area contributed by atoms with Gasteiger partial charge in [0.15, 0.2) is 5.69 Å². The fraction of sp³-hybridized carbons (Fsp3) is 0.167. The summed E-state index contributed by atoms with van der Waals surface area (Å²) in [5, 5.41) is 19.1. The van der Waals surface area contributed by atoms with Crippen LogP contribution in [0.5, 0.6) is 0 Å². The van der Waals surface area contributed by atoms with E-state index in [4.69, 9.17) is 5.39 Å². The van der Waals surface area contributed by atoms with Crippen molar-refractivity contribution in [3.63, 3.8) is 0 Å². The average Bonchev–Trinajstić information content (AvgIpc) is 1.95. The second-order valence-electron chi connectivity index (χ2n) is 1.92. The molecule has 0 saturated heterocycles. The topological polar surface area (TPSA) is 55.1 Å². The van der Waals surface area contributed by atoms with E-state index in [9.17, 15) is 5.21 Å². The van der Waals surface area contributed by atoms with Gasteiger partial charge in [-0.3, -0.25) is 0 Å². The highest BCUT2D eigenvalue weighted by atomic mass is 16.5. The molecule has 0 aliphatic carbocycles. The summed E-state index contributed by atoms with van der Waals surface area (Å²) in [6, 6.07) is 4.72. The zero-order valence-corrected chi connectivity index (χ0v) is 5.48. The quantitative estimate of drug-likeness (QED) is 0.305. The molecule has 0 aliphatic heterocycles. The van der Waals surface area contributed by atoms with Crippen LogP contribution in [0.15, 0.2) is 18.2 Å². The van der Waals surface area contributed by atoms with Crippen molar-refractivity contribution in [1.29, 1.82) is 5.39 Å². The molecular formula is C6H6N3O+. The highest BCUT2D eigenvalue weighted by Gasteiger charge is 2.17. The molecule has 0 saturated carbocycles. The van der Waals surface area contributed by atoms with Gasteiger partial charge in [-0.2, -0.15) is 0 Å². The number of aromatic nitrogens is 1. The molecule has 0 unspecified atom stereocenters. The predicted molar refractivity (Wildman–Crippen MR) is 34.9 cm³/mol. The molecule has 0 fully saturated rings. The SMILES string of the molecule is Cc1cccc([N+]#N)[n+]1[O-]. The Bertz CT molecular complexity index is 290. The molecule has 1 heterocycles. The Labute approximate surface area is 57.9 Å². The van der Waals surface area contributed by atoms with Gasteiger partial charge in [0.1, 0.15) is 6.07 Å². The molecule has 4 heteroatoms. The van der Waals surface area contributed by atoms with Gasteiger partial charge in [0.05, 0.1) is 0 Å². The maximum Gasteiger partial charge on any atom is 0.623 e. The average molecular weight is 136 g/mol. The van der Waals surface area contributed by atoms with Gasteiger partial charge in [-0.1, -0.05) is 4.73 Å². The van der Waals surface area contributed by atoms with Crippen molar-refractivity contribution < 1.29 is 4.73 Å². The largest absolute Gasteiger partial charge is 0.623 e. The fourth-order valence-corrected chi connectivity index (χ4v) is 0.663. The van der Waals surface area contributed by atoms with Gasteiger partial charge >= 0.3 is 5.82 Å². The standard InChI is InChI=1S/C6H6N3O/c1-5-3-2-4-6(8-7)9(5)10/h2-4H,1H3/q+1. The lowest BCUT2D eigenvalue weighted by molar-refractivity contribution is -0.596. The molecule has 1 aromatic rings. The van der Waals surface area contributed by atoms with E-state index in [1.807, 2.05) is 0 Å². The molecule has 50 valence electrons. The van der Waals surface area contributed by atoms with Crippen molar-refractivity contribution in [3.8, 4) is 0 Å².